The molecule has 0 saturated carbocycles. The Morgan fingerprint density at radius 2 is 1.56 bits per heavy atom. The molecular weight excluding hydrogens is 320 g/mol. The summed E-state index contributed by atoms with van der Waals surface area (Å²) in [6, 6.07) is 15.1. The number of methoxy groups -OCH3 is 1. The number of ether oxygens (including phenoxy) is 3. The van der Waals surface area contributed by atoms with Crippen LogP contribution in [-0.4, -0.2) is 24.8 Å². The first-order valence-electron chi connectivity index (χ1n) is 7.81. The normalized spacial score (nSPS) is 16.0. The molecule has 0 spiro atoms. The van der Waals surface area contributed by atoms with Crippen LogP contribution in [0.5, 0.6) is 5.75 Å². The minimum atomic E-state index is -1.24. The average Bonchev–Trinajstić information content (AvgIpc) is 2.58. The smallest absolute Gasteiger partial charge is 0.348 e. The molecule has 0 unspecified atom stereocenters. The van der Waals surface area contributed by atoms with E-state index in [2.05, 4.69) is 0 Å². The van der Waals surface area contributed by atoms with E-state index >= 15 is 0 Å². The van der Waals surface area contributed by atoms with Gasteiger partial charge in [0.15, 0.2) is 0 Å². The van der Waals surface area contributed by atoms with Crippen LogP contribution in [0.4, 0.5) is 0 Å². The summed E-state index contributed by atoms with van der Waals surface area (Å²) in [5.74, 6) is -1.83. The van der Waals surface area contributed by atoms with Crippen molar-refractivity contribution in [3.05, 3.63) is 59.7 Å². The molecule has 0 aliphatic carbocycles. The minimum Gasteiger partial charge on any atom is -0.497 e. The van der Waals surface area contributed by atoms with Crippen LogP contribution < -0.4 is 4.74 Å². The van der Waals surface area contributed by atoms with Gasteiger partial charge in [-0.25, -0.2) is 9.59 Å². The second-order valence-electron chi connectivity index (χ2n) is 6.09. The molecule has 2 aromatic rings. The fourth-order valence-corrected chi connectivity index (χ4v) is 2.54. The standard InChI is InChI=1S/C20H18O5/c1-20(2)24-18(21)17(19(22)25-20)12-13-5-4-6-15(11-13)14-7-9-16(23-3)10-8-14/h4-12H,1-3H3. The Bertz CT molecular complexity index is 825. The fourth-order valence-electron chi connectivity index (χ4n) is 2.54. The summed E-state index contributed by atoms with van der Waals surface area (Å²) in [4.78, 5) is 24.1. The van der Waals surface area contributed by atoms with Crippen molar-refractivity contribution in [3.63, 3.8) is 0 Å². The van der Waals surface area contributed by atoms with Gasteiger partial charge in [0.2, 0.25) is 0 Å². The molecule has 0 atom stereocenters. The molecule has 3 rings (SSSR count). The molecule has 2 aromatic carbocycles. The van der Waals surface area contributed by atoms with Gasteiger partial charge in [0.05, 0.1) is 7.11 Å². The summed E-state index contributed by atoms with van der Waals surface area (Å²) in [5, 5.41) is 0. The van der Waals surface area contributed by atoms with Crippen molar-refractivity contribution in [1.82, 2.24) is 0 Å². The van der Waals surface area contributed by atoms with Crippen molar-refractivity contribution in [3.8, 4) is 16.9 Å². The molecule has 1 saturated heterocycles. The van der Waals surface area contributed by atoms with Gasteiger partial charge in [-0.3, -0.25) is 0 Å². The predicted molar refractivity (Wildman–Crippen MR) is 92.7 cm³/mol. The van der Waals surface area contributed by atoms with E-state index in [0.717, 1.165) is 16.9 Å². The van der Waals surface area contributed by atoms with Crippen molar-refractivity contribution in [1.29, 1.82) is 0 Å². The van der Waals surface area contributed by atoms with E-state index in [9.17, 15) is 9.59 Å². The van der Waals surface area contributed by atoms with Crippen molar-refractivity contribution in [2.45, 2.75) is 19.6 Å². The lowest BCUT2D eigenvalue weighted by Gasteiger charge is -2.29. The lowest BCUT2D eigenvalue weighted by atomic mass is 10.0. The van der Waals surface area contributed by atoms with Crippen LogP contribution >= 0.6 is 0 Å². The molecule has 0 bridgehead atoms. The molecule has 0 amide bonds. The zero-order valence-electron chi connectivity index (χ0n) is 14.2. The molecule has 0 radical (unpaired) electrons. The molecule has 0 aromatic heterocycles. The third-order valence-electron chi connectivity index (χ3n) is 3.74. The summed E-state index contributed by atoms with van der Waals surface area (Å²) in [6.07, 6.45) is 1.48. The van der Waals surface area contributed by atoms with Gasteiger partial charge in [-0.15, -0.1) is 0 Å². The highest BCUT2D eigenvalue weighted by atomic mass is 16.7. The van der Waals surface area contributed by atoms with Gasteiger partial charge in [-0.05, 0) is 41.0 Å². The lowest BCUT2D eigenvalue weighted by Crippen LogP contribution is -2.41. The average molecular weight is 338 g/mol. The summed E-state index contributed by atoms with van der Waals surface area (Å²) >= 11 is 0. The first-order chi connectivity index (χ1) is 11.9. The van der Waals surface area contributed by atoms with Crippen LogP contribution in [0.1, 0.15) is 19.4 Å². The Morgan fingerprint density at radius 1 is 0.920 bits per heavy atom. The van der Waals surface area contributed by atoms with Crippen LogP contribution in [0.25, 0.3) is 17.2 Å². The SMILES string of the molecule is COc1ccc(-c2cccc(C=C3C(=O)OC(C)(C)OC3=O)c2)cc1. The highest BCUT2D eigenvalue weighted by Crippen LogP contribution is 2.27. The minimum absolute atomic E-state index is 0.119. The number of hydrogen-bond acceptors (Lipinski definition) is 5. The summed E-state index contributed by atoms with van der Waals surface area (Å²) in [6.45, 7) is 3.04. The monoisotopic (exact) mass is 338 g/mol. The number of cyclic esters (lactones) is 2. The fraction of sp³-hybridized carbons (Fsp3) is 0.200. The predicted octanol–water partition coefficient (Wildman–Crippen LogP) is 3.58. The number of esters is 2. The number of carbonyl (C=O) groups excluding carboxylic acids is 2. The van der Waals surface area contributed by atoms with Crippen molar-refractivity contribution >= 4 is 18.0 Å². The van der Waals surface area contributed by atoms with E-state index in [0.29, 0.717) is 5.56 Å². The van der Waals surface area contributed by atoms with Gasteiger partial charge in [-0.2, -0.15) is 0 Å². The van der Waals surface area contributed by atoms with Gasteiger partial charge >= 0.3 is 11.9 Å². The zero-order valence-corrected chi connectivity index (χ0v) is 14.2. The largest absolute Gasteiger partial charge is 0.497 e. The topological polar surface area (TPSA) is 61.8 Å². The van der Waals surface area contributed by atoms with E-state index in [4.69, 9.17) is 14.2 Å². The van der Waals surface area contributed by atoms with Gasteiger partial charge < -0.3 is 14.2 Å². The van der Waals surface area contributed by atoms with E-state index in [1.807, 2.05) is 42.5 Å². The first-order valence-corrected chi connectivity index (χ1v) is 7.81. The van der Waals surface area contributed by atoms with E-state index in [-0.39, 0.29) is 5.57 Å². The molecule has 5 nitrogen and oxygen atoms in total. The van der Waals surface area contributed by atoms with Gasteiger partial charge in [0.25, 0.3) is 5.79 Å². The molecule has 1 heterocycles. The van der Waals surface area contributed by atoms with E-state index < -0.39 is 17.7 Å². The van der Waals surface area contributed by atoms with Crippen LogP contribution in [0.15, 0.2) is 54.1 Å². The summed E-state index contributed by atoms with van der Waals surface area (Å²) in [7, 11) is 1.62. The van der Waals surface area contributed by atoms with Crippen molar-refractivity contribution < 1.29 is 23.8 Å². The molecule has 1 aliphatic heterocycles. The number of rotatable bonds is 3. The molecule has 0 N–H and O–H groups in total. The molecule has 25 heavy (non-hydrogen) atoms. The number of carbonyl (C=O) groups is 2. The Kier molecular flexibility index (Phi) is 4.31. The Morgan fingerprint density at radius 3 is 2.16 bits per heavy atom. The number of hydrogen-bond donors (Lipinski definition) is 0. The maximum atomic E-state index is 12.0. The van der Waals surface area contributed by atoms with Gasteiger partial charge in [0, 0.05) is 13.8 Å². The molecule has 128 valence electrons. The lowest BCUT2D eigenvalue weighted by molar-refractivity contribution is -0.222. The highest BCUT2D eigenvalue weighted by Gasteiger charge is 2.38. The Balaban J connectivity index is 1.91. The Labute approximate surface area is 145 Å². The summed E-state index contributed by atoms with van der Waals surface area (Å²) < 4.78 is 15.4. The van der Waals surface area contributed by atoms with Crippen molar-refractivity contribution in [2.75, 3.05) is 7.11 Å². The second kappa shape index (κ2) is 6.43. The van der Waals surface area contributed by atoms with Crippen LogP contribution in [0.3, 0.4) is 0 Å². The van der Waals surface area contributed by atoms with E-state index in [1.165, 1.54) is 19.9 Å². The van der Waals surface area contributed by atoms with Crippen LogP contribution in [0, 0.1) is 0 Å². The van der Waals surface area contributed by atoms with Gasteiger partial charge in [0.1, 0.15) is 11.3 Å². The second-order valence-corrected chi connectivity index (χ2v) is 6.09. The maximum Gasteiger partial charge on any atom is 0.348 e. The third-order valence-corrected chi connectivity index (χ3v) is 3.74. The quantitative estimate of drug-likeness (QED) is 0.486. The highest BCUT2D eigenvalue weighted by molar-refractivity contribution is 6.18. The Hall–Kier alpha value is -3.08. The molecule has 5 heteroatoms. The van der Waals surface area contributed by atoms with E-state index in [1.54, 1.807) is 13.2 Å². The first kappa shape index (κ1) is 16.8. The van der Waals surface area contributed by atoms with Crippen molar-refractivity contribution in [2.24, 2.45) is 0 Å². The molecule has 1 fully saturated rings. The third kappa shape index (κ3) is 3.71. The zero-order chi connectivity index (χ0) is 18.0. The molecule has 1 aliphatic rings. The molecular formula is C20H18O5. The van der Waals surface area contributed by atoms with Crippen LogP contribution in [-0.2, 0) is 19.1 Å². The number of benzene rings is 2. The maximum absolute atomic E-state index is 12.0. The summed E-state index contributed by atoms with van der Waals surface area (Å²) in [5.41, 5.74) is 2.54. The van der Waals surface area contributed by atoms with Gasteiger partial charge in [-0.1, -0.05) is 30.3 Å². The van der Waals surface area contributed by atoms with Crippen LogP contribution in [0.2, 0.25) is 0 Å².